The van der Waals surface area contributed by atoms with Crippen LogP contribution in [0.15, 0.2) is 60.7 Å². The second-order valence-corrected chi connectivity index (χ2v) is 10.1. The maximum absolute atomic E-state index is 12.1. The number of carboxylic acid groups (broad SMARTS) is 1. The number of para-hydroxylation sites is 1. The third-order valence-electron chi connectivity index (χ3n) is 7.27. The normalized spacial score (nSPS) is 16.7. The number of carboxylic acids is 1. The van der Waals surface area contributed by atoms with Crippen molar-refractivity contribution in [1.29, 1.82) is 0 Å². The molecule has 3 aromatic carbocycles. The molecule has 6 nitrogen and oxygen atoms in total. The van der Waals surface area contributed by atoms with E-state index in [1.54, 1.807) is 0 Å². The number of rotatable bonds is 7. The van der Waals surface area contributed by atoms with Crippen LogP contribution in [0.2, 0.25) is 0 Å². The number of nitrogens with one attached hydrogen (secondary N) is 1. The Labute approximate surface area is 205 Å². The average Bonchev–Trinajstić information content (AvgIpc) is 3.30. The molecule has 0 unspecified atom stereocenters. The first-order chi connectivity index (χ1) is 16.7. The van der Waals surface area contributed by atoms with Crippen molar-refractivity contribution in [3.05, 3.63) is 71.9 Å². The highest BCUT2D eigenvalue weighted by Crippen LogP contribution is 2.37. The van der Waals surface area contributed by atoms with Gasteiger partial charge in [-0.05, 0) is 57.6 Å². The molecule has 0 saturated carbocycles. The van der Waals surface area contributed by atoms with Gasteiger partial charge in [0.05, 0.1) is 17.8 Å². The molecular weight excluding hydrogens is 441 g/mol. The number of benzene rings is 3. The molecular formula is C28H30BNO5. The van der Waals surface area contributed by atoms with Crippen LogP contribution in [-0.4, -0.2) is 41.0 Å². The van der Waals surface area contributed by atoms with Crippen LogP contribution in [0, 0.1) is 0 Å². The highest BCUT2D eigenvalue weighted by molar-refractivity contribution is 6.65. The number of hydrogen-bond donors (Lipinski definition) is 2. The number of aromatic nitrogens is 1. The Morgan fingerprint density at radius 3 is 2.34 bits per heavy atom. The summed E-state index contributed by atoms with van der Waals surface area (Å²) in [4.78, 5) is 15.3. The van der Waals surface area contributed by atoms with Crippen molar-refractivity contribution in [2.75, 3.05) is 6.61 Å². The first-order valence-corrected chi connectivity index (χ1v) is 12.0. The first kappa shape index (κ1) is 23.5. The van der Waals surface area contributed by atoms with Crippen LogP contribution in [0.4, 0.5) is 0 Å². The molecule has 1 saturated heterocycles. The summed E-state index contributed by atoms with van der Waals surface area (Å²) in [7, 11) is -0.577. The number of fused-ring (bicyclic) bond motifs is 2. The summed E-state index contributed by atoms with van der Waals surface area (Å²) in [6, 6.07) is 19.9. The monoisotopic (exact) mass is 471 g/mol. The van der Waals surface area contributed by atoms with Crippen molar-refractivity contribution < 1.29 is 23.9 Å². The molecule has 1 aromatic heterocycles. The van der Waals surface area contributed by atoms with Gasteiger partial charge in [0.15, 0.2) is 0 Å². The quantitative estimate of drug-likeness (QED) is 0.281. The summed E-state index contributed by atoms with van der Waals surface area (Å²) >= 11 is 0. The lowest BCUT2D eigenvalue weighted by Gasteiger charge is -2.32. The Morgan fingerprint density at radius 1 is 0.943 bits per heavy atom. The predicted octanol–water partition coefficient (Wildman–Crippen LogP) is 5.33. The Balaban J connectivity index is 1.39. The minimum absolute atomic E-state index is 0.203. The third kappa shape index (κ3) is 4.19. The van der Waals surface area contributed by atoms with Crippen LogP contribution in [0.25, 0.3) is 21.7 Å². The second-order valence-electron chi connectivity index (χ2n) is 10.1. The van der Waals surface area contributed by atoms with Gasteiger partial charge in [0.1, 0.15) is 11.4 Å². The summed E-state index contributed by atoms with van der Waals surface area (Å²) in [5.74, 6) is -0.144. The number of aromatic carboxylic acids is 1. The Bertz CT molecular complexity index is 1390. The van der Waals surface area contributed by atoms with Crippen LogP contribution in [-0.2, 0) is 15.7 Å². The zero-order chi connectivity index (χ0) is 24.8. The minimum Gasteiger partial charge on any atom is -0.493 e. The average molecular weight is 471 g/mol. The molecule has 35 heavy (non-hydrogen) atoms. The van der Waals surface area contributed by atoms with Gasteiger partial charge in [-0.25, -0.2) is 4.79 Å². The molecule has 2 N–H and O–H groups in total. The van der Waals surface area contributed by atoms with Gasteiger partial charge >= 0.3 is 13.1 Å². The first-order valence-electron chi connectivity index (χ1n) is 12.0. The van der Waals surface area contributed by atoms with Crippen LogP contribution in [0.5, 0.6) is 5.75 Å². The largest absolute Gasteiger partial charge is 0.497 e. The van der Waals surface area contributed by atoms with Crippen LogP contribution < -0.4 is 10.2 Å². The highest BCUT2D eigenvalue weighted by atomic mass is 16.7. The summed E-state index contributed by atoms with van der Waals surface area (Å²) in [5, 5.41) is 13.0. The van der Waals surface area contributed by atoms with E-state index in [0.29, 0.717) is 19.4 Å². The topological polar surface area (TPSA) is 80.8 Å². The minimum atomic E-state index is -0.981. The lowest BCUT2D eigenvalue weighted by Crippen LogP contribution is -2.41. The molecule has 0 bridgehead atoms. The van der Waals surface area contributed by atoms with Gasteiger partial charge in [0.25, 0.3) is 0 Å². The Hall–Kier alpha value is -3.29. The van der Waals surface area contributed by atoms with Crippen LogP contribution in [0.1, 0.15) is 50.2 Å². The molecule has 0 spiro atoms. The smallest absolute Gasteiger partial charge is 0.493 e. The number of H-pyrrole nitrogens is 1. The fourth-order valence-electron chi connectivity index (χ4n) is 4.66. The van der Waals surface area contributed by atoms with Crippen LogP contribution >= 0.6 is 0 Å². The summed E-state index contributed by atoms with van der Waals surface area (Å²) < 4.78 is 18.6. The predicted molar refractivity (Wildman–Crippen MR) is 139 cm³/mol. The highest BCUT2D eigenvalue weighted by Gasteiger charge is 2.52. The lowest BCUT2D eigenvalue weighted by atomic mass is 9.77. The van der Waals surface area contributed by atoms with Crippen molar-refractivity contribution in [2.24, 2.45) is 0 Å². The molecule has 2 heterocycles. The lowest BCUT2D eigenvalue weighted by molar-refractivity contribution is 0.00578. The summed E-state index contributed by atoms with van der Waals surface area (Å²) in [6.07, 6.45) is 1.25. The third-order valence-corrected chi connectivity index (χ3v) is 7.27. The number of ether oxygens (including phenoxy) is 1. The van der Waals surface area contributed by atoms with E-state index in [1.165, 1.54) is 0 Å². The van der Waals surface area contributed by atoms with Gasteiger partial charge in [0, 0.05) is 21.8 Å². The van der Waals surface area contributed by atoms with Gasteiger partial charge in [-0.1, -0.05) is 54.6 Å². The number of hydrogen-bond acceptors (Lipinski definition) is 4. The Morgan fingerprint density at radius 2 is 1.60 bits per heavy atom. The molecule has 5 rings (SSSR count). The van der Waals surface area contributed by atoms with Crippen molar-refractivity contribution in [1.82, 2.24) is 4.98 Å². The van der Waals surface area contributed by atoms with E-state index in [2.05, 4.69) is 17.1 Å². The molecule has 0 radical (unpaired) electrons. The molecule has 1 aliphatic heterocycles. The van der Waals surface area contributed by atoms with E-state index in [4.69, 9.17) is 14.0 Å². The van der Waals surface area contributed by atoms with Crippen molar-refractivity contribution in [3.8, 4) is 5.75 Å². The van der Waals surface area contributed by atoms with E-state index in [1.807, 2.05) is 76.2 Å². The second kappa shape index (κ2) is 8.74. The molecule has 0 atom stereocenters. The number of aromatic amines is 1. The zero-order valence-corrected chi connectivity index (χ0v) is 20.6. The van der Waals surface area contributed by atoms with Gasteiger partial charge in [0.2, 0.25) is 0 Å². The van der Waals surface area contributed by atoms with Gasteiger partial charge in [-0.3, -0.25) is 0 Å². The van der Waals surface area contributed by atoms with E-state index in [0.717, 1.165) is 38.5 Å². The SMILES string of the molecule is CC1(C)OB(c2cccc3c(CCCOc4cccc5ccccc45)c(C(=O)O)[nH]c23)OC1(C)C. The fourth-order valence-corrected chi connectivity index (χ4v) is 4.66. The van der Waals surface area contributed by atoms with Gasteiger partial charge < -0.3 is 24.1 Å². The number of carbonyl (C=O) groups is 1. The molecule has 1 fully saturated rings. The molecule has 7 heteroatoms. The molecule has 0 aliphatic carbocycles. The summed E-state index contributed by atoms with van der Waals surface area (Å²) in [6.45, 7) is 8.51. The fraction of sp³-hybridized carbons (Fsp3) is 0.321. The summed E-state index contributed by atoms with van der Waals surface area (Å²) in [5.41, 5.74) is 1.56. The van der Waals surface area contributed by atoms with Crippen molar-refractivity contribution in [2.45, 2.75) is 51.7 Å². The van der Waals surface area contributed by atoms with E-state index in [9.17, 15) is 9.90 Å². The number of aryl methyl sites for hydroxylation is 1. The molecule has 4 aromatic rings. The van der Waals surface area contributed by atoms with Crippen LogP contribution in [0.3, 0.4) is 0 Å². The van der Waals surface area contributed by atoms with E-state index in [-0.39, 0.29) is 5.69 Å². The zero-order valence-electron chi connectivity index (χ0n) is 20.6. The maximum Gasteiger partial charge on any atom is 0.497 e. The standard InChI is InChI=1S/C28H30BNO5/c1-27(2)28(3,4)35-29(34-27)22-15-8-13-20-21(25(26(31)32)30-24(20)22)14-9-17-33-23-16-7-11-18-10-5-6-12-19(18)23/h5-8,10-13,15-16,30H,9,14,17H2,1-4H3,(H,31,32). The molecule has 1 aliphatic rings. The van der Waals surface area contributed by atoms with Gasteiger partial charge in [-0.15, -0.1) is 0 Å². The maximum atomic E-state index is 12.1. The molecule has 0 amide bonds. The molecule has 180 valence electrons. The van der Waals surface area contributed by atoms with Crippen molar-refractivity contribution >= 4 is 40.2 Å². The van der Waals surface area contributed by atoms with Crippen molar-refractivity contribution in [3.63, 3.8) is 0 Å². The Kier molecular flexibility index (Phi) is 5.86. The van der Waals surface area contributed by atoms with E-state index < -0.39 is 24.3 Å². The van der Waals surface area contributed by atoms with Gasteiger partial charge in [-0.2, -0.15) is 0 Å². The van der Waals surface area contributed by atoms with E-state index >= 15 is 0 Å².